The van der Waals surface area contributed by atoms with E-state index in [0.717, 1.165) is 45.0 Å². The molecule has 154 valence electrons. The molecule has 1 aromatic carbocycles. The van der Waals surface area contributed by atoms with Gasteiger partial charge in [0.1, 0.15) is 11.6 Å². The predicted octanol–water partition coefficient (Wildman–Crippen LogP) is 2.16. The third kappa shape index (κ3) is 5.72. The Morgan fingerprint density at radius 3 is 2.32 bits per heavy atom. The Kier molecular flexibility index (Phi) is 7.33. The SMILES string of the molecule is O=C(NCCN1CCOCC1)C1CCC(C(=O)Nc2ccc(F)cc2F)CC1. The molecule has 8 heteroatoms. The van der Waals surface area contributed by atoms with Crippen molar-refractivity contribution < 1.29 is 23.1 Å². The van der Waals surface area contributed by atoms with Gasteiger partial charge in [-0.15, -0.1) is 0 Å². The standard InChI is InChI=1S/C20H27F2N3O3/c21-16-5-6-18(17(22)13-16)24-20(27)15-3-1-14(2-4-15)19(26)23-7-8-25-9-11-28-12-10-25/h5-6,13-15H,1-4,7-12H2,(H,23,26)(H,24,27). The van der Waals surface area contributed by atoms with Gasteiger partial charge in [0, 0.05) is 44.1 Å². The van der Waals surface area contributed by atoms with Crippen molar-refractivity contribution in [2.75, 3.05) is 44.7 Å². The summed E-state index contributed by atoms with van der Waals surface area (Å²) < 4.78 is 31.9. The summed E-state index contributed by atoms with van der Waals surface area (Å²) in [5, 5.41) is 5.51. The highest BCUT2D eigenvalue weighted by Gasteiger charge is 2.30. The van der Waals surface area contributed by atoms with Crippen molar-refractivity contribution in [1.29, 1.82) is 0 Å². The van der Waals surface area contributed by atoms with Crippen molar-refractivity contribution in [3.8, 4) is 0 Å². The molecule has 1 aliphatic heterocycles. The maximum absolute atomic E-state index is 13.7. The second kappa shape index (κ2) is 9.93. The molecule has 2 fully saturated rings. The third-order valence-corrected chi connectivity index (χ3v) is 5.49. The largest absolute Gasteiger partial charge is 0.379 e. The number of benzene rings is 1. The molecular formula is C20H27F2N3O3. The number of morpholine rings is 1. The van der Waals surface area contributed by atoms with Crippen molar-refractivity contribution in [1.82, 2.24) is 10.2 Å². The molecule has 28 heavy (non-hydrogen) atoms. The first-order valence-electron chi connectivity index (χ1n) is 9.86. The van der Waals surface area contributed by atoms with Gasteiger partial charge >= 0.3 is 0 Å². The topological polar surface area (TPSA) is 70.7 Å². The average molecular weight is 395 g/mol. The Hall–Kier alpha value is -2.06. The Balaban J connectivity index is 1.38. The van der Waals surface area contributed by atoms with Crippen LogP contribution in [0.5, 0.6) is 0 Å². The van der Waals surface area contributed by atoms with Gasteiger partial charge in [-0.05, 0) is 37.8 Å². The van der Waals surface area contributed by atoms with Crippen LogP contribution < -0.4 is 10.6 Å². The summed E-state index contributed by atoms with van der Waals surface area (Å²) in [6.07, 6.45) is 2.42. The molecule has 1 saturated carbocycles. The second-order valence-electron chi connectivity index (χ2n) is 7.41. The molecule has 2 amide bonds. The van der Waals surface area contributed by atoms with Gasteiger partial charge in [-0.25, -0.2) is 8.78 Å². The third-order valence-electron chi connectivity index (χ3n) is 5.49. The lowest BCUT2D eigenvalue weighted by Crippen LogP contribution is -2.43. The molecular weight excluding hydrogens is 368 g/mol. The summed E-state index contributed by atoms with van der Waals surface area (Å²) >= 11 is 0. The molecule has 0 unspecified atom stereocenters. The highest BCUT2D eigenvalue weighted by Crippen LogP contribution is 2.30. The number of ether oxygens (including phenoxy) is 1. The Morgan fingerprint density at radius 1 is 1.04 bits per heavy atom. The van der Waals surface area contributed by atoms with Crippen molar-refractivity contribution in [2.45, 2.75) is 25.7 Å². The van der Waals surface area contributed by atoms with Crippen LogP contribution in [-0.4, -0.2) is 56.1 Å². The van der Waals surface area contributed by atoms with Gasteiger partial charge in [-0.1, -0.05) is 0 Å². The predicted molar refractivity (Wildman–Crippen MR) is 101 cm³/mol. The fourth-order valence-electron chi connectivity index (χ4n) is 3.75. The number of hydrogen-bond acceptors (Lipinski definition) is 4. The molecule has 1 saturated heterocycles. The highest BCUT2D eigenvalue weighted by atomic mass is 19.1. The number of nitrogens with one attached hydrogen (secondary N) is 2. The van der Waals surface area contributed by atoms with Crippen LogP contribution in [0.1, 0.15) is 25.7 Å². The van der Waals surface area contributed by atoms with Gasteiger partial charge in [0.25, 0.3) is 0 Å². The number of carbonyl (C=O) groups is 2. The molecule has 6 nitrogen and oxygen atoms in total. The van der Waals surface area contributed by atoms with Crippen LogP contribution in [0.2, 0.25) is 0 Å². The van der Waals surface area contributed by atoms with Crippen LogP contribution >= 0.6 is 0 Å². The highest BCUT2D eigenvalue weighted by molar-refractivity contribution is 5.92. The number of rotatable bonds is 6. The van der Waals surface area contributed by atoms with E-state index in [1.54, 1.807) is 0 Å². The van der Waals surface area contributed by atoms with E-state index in [2.05, 4.69) is 15.5 Å². The lowest BCUT2D eigenvalue weighted by Gasteiger charge is -2.28. The van der Waals surface area contributed by atoms with E-state index >= 15 is 0 Å². The van der Waals surface area contributed by atoms with Crippen molar-refractivity contribution >= 4 is 17.5 Å². The van der Waals surface area contributed by atoms with Crippen LogP contribution in [0.25, 0.3) is 0 Å². The fourth-order valence-corrected chi connectivity index (χ4v) is 3.75. The number of nitrogens with zero attached hydrogens (tertiary/aromatic N) is 1. The fraction of sp³-hybridized carbons (Fsp3) is 0.600. The first kappa shape index (κ1) is 20.7. The summed E-state index contributed by atoms with van der Waals surface area (Å²) in [6.45, 7) is 4.69. The summed E-state index contributed by atoms with van der Waals surface area (Å²) in [4.78, 5) is 26.9. The zero-order valence-corrected chi connectivity index (χ0v) is 15.9. The van der Waals surface area contributed by atoms with Gasteiger partial charge < -0.3 is 15.4 Å². The normalized spacial score (nSPS) is 23.2. The molecule has 0 radical (unpaired) electrons. The van der Waals surface area contributed by atoms with Crippen LogP contribution in [0.3, 0.4) is 0 Å². The van der Waals surface area contributed by atoms with E-state index in [4.69, 9.17) is 4.74 Å². The number of amides is 2. The molecule has 0 atom stereocenters. The zero-order chi connectivity index (χ0) is 19.9. The van der Waals surface area contributed by atoms with Gasteiger partial charge in [0.15, 0.2) is 0 Å². The number of halogens is 2. The second-order valence-corrected chi connectivity index (χ2v) is 7.41. The van der Waals surface area contributed by atoms with E-state index in [0.29, 0.717) is 32.2 Å². The number of carbonyl (C=O) groups excluding carboxylic acids is 2. The van der Waals surface area contributed by atoms with Crippen molar-refractivity contribution in [2.24, 2.45) is 11.8 Å². The van der Waals surface area contributed by atoms with Crippen LogP contribution in [0, 0.1) is 23.5 Å². The smallest absolute Gasteiger partial charge is 0.227 e. The Labute approximate surface area is 163 Å². The van der Waals surface area contributed by atoms with E-state index in [9.17, 15) is 18.4 Å². The molecule has 0 aromatic heterocycles. The van der Waals surface area contributed by atoms with E-state index in [1.807, 2.05) is 0 Å². The number of hydrogen-bond donors (Lipinski definition) is 2. The molecule has 3 rings (SSSR count). The zero-order valence-electron chi connectivity index (χ0n) is 15.9. The lowest BCUT2D eigenvalue weighted by atomic mass is 9.81. The van der Waals surface area contributed by atoms with E-state index < -0.39 is 11.6 Å². The van der Waals surface area contributed by atoms with Crippen LogP contribution in [-0.2, 0) is 14.3 Å². The molecule has 2 aliphatic rings. The Bertz CT molecular complexity index is 687. The minimum Gasteiger partial charge on any atom is -0.379 e. The molecule has 2 N–H and O–H groups in total. The summed E-state index contributed by atoms with van der Waals surface area (Å²) in [5.74, 6) is -2.07. The van der Waals surface area contributed by atoms with Crippen LogP contribution in [0.4, 0.5) is 14.5 Å². The quantitative estimate of drug-likeness (QED) is 0.775. The summed E-state index contributed by atoms with van der Waals surface area (Å²) in [5.41, 5.74) is -0.0191. The van der Waals surface area contributed by atoms with E-state index in [-0.39, 0.29) is 29.3 Å². The van der Waals surface area contributed by atoms with Gasteiger partial charge in [0.2, 0.25) is 11.8 Å². The molecule has 1 heterocycles. The number of anilines is 1. The molecule has 1 aromatic rings. The maximum atomic E-state index is 13.7. The van der Waals surface area contributed by atoms with E-state index in [1.165, 1.54) is 6.07 Å². The van der Waals surface area contributed by atoms with Crippen molar-refractivity contribution in [3.05, 3.63) is 29.8 Å². The summed E-state index contributed by atoms with van der Waals surface area (Å²) in [7, 11) is 0. The first-order chi connectivity index (χ1) is 13.5. The minimum atomic E-state index is -0.790. The minimum absolute atomic E-state index is 0.0191. The maximum Gasteiger partial charge on any atom is 0.227 e. The summed E-state index contributed by atoms with van der Waals surface area (Å²) in [6, 6.07) is 3.07. The van der Waals surface area contributed by atoms with Gasteiger partial charge in [0.05, 0.1) is 18.9 Å². The van der Waals surface area contributed by atoms with Gasteiger partial charge in [-0.2, -0.15) is 0 Å². The molecule has 1 aliphatic carbocycles. The molecule has 0 bridgehead atoms. The monoisotopic (exact) mass is 395 g/mol. The first-order valence-corrected chi connectivity index (χ1v) is 9.86. The van der Waals surface area contributed by atoms with Crippen molar-refractivity contribution in [3.63, 3.8) is 0 Å². The lowest BCUT2D eigenvalue weighted by molar-refractivity contribution is -0.128. The molecule has 0 spiro atoms. The average Bonchev–Trinajstić information content (AvgIpc) is 2.71. The van der Waals surface area contributed by atoms with Gasteiger partial charge in [-0.3, -0.25) is 14.5 Å². The Morgan fingerprint density at radius 2 is 1.68 bits per heavy atom. The van der Waals surface area contributed by atoms with Crippen LogP contribution in [0.15, 0.2) is 18.2 Å².